The van der Waals surface area contributed by atoms with E-state index in [1.807, 2.05) is 60.7 Å². The van der Waals surface area contributed by atoms with Crippen molar-refractivity contribution in [2.45, 2.75) is 44.6 Å². The van der Waals surface area contributed by atoms with Gasteiger partial charge in [0.2, 0.25) is 5.91 Å². The molecule has 0 bridgehead atoms. The van der Waals surface area contributed by atoms with Crippen LogP contribution < -0.4 is 25.4 Å². The summed E-state index contributed by atoms with van der Waals surface area (Å²) in [6.45, 7) is 1.03. The lowest BCUT2D eigenvalue weighted by molar-refractivity contribution is -0.123. The first-order valence-corrected chi connectivity index (χ1v) is 13.8. The van der Waals surface area contributed by atoms with E-state index in [0.717, 1.165) is 41.2 Å². The number of methoxy groups -OCH3 is 2. The van der Waals surface area contributed by atoms with Crippen LogP contribution in [-0.4, -0.2) is 45.2 Å². The van der Waals surface area contributed by atoms with Crippen LogP contribution in [-0.2, 0) is 4.79 Å². The molecular weight excluding hydrogens is 490 g/mol. The van der Waals surface area contributed by atoms with E-state index in [1.54, 1.807) is 26.4 Å². The van der Waals surface area contributed by atoms with Gasteiger partial charge in [-0.05, 0) is 60.4 Å². The van der Waals surface area contributed by atoms with Crippen molar-refractivity contribution in [1.82, 2.24) is 10.6 Å². The molecule has 7 heteroatoms. The van der Waals surface area contributed by atoms with Gasteiger partial charge in [0.15, 0.2) is 0 Å². The summed E-state index contributed by atoms with van der Waals surface area (Å²) in [7, 11) is 3.28. The molecule has 0 radical (unpaired) electrons. The molecule has 0 unspecified atom stereocenters. The molecule has 3 aromatic rings. The van der Waals surface area contributed by atoms with Crippen LogP contribution in [0, 0.1) is 5.92 Å². The Labute approximate surface area is 231 Å². The fourth-order valence-corrected chi connectivity index (χ4v) is 5.14. The molecule has 1 aliphatic carbocycles. The molecule has 0 spiro atoms. The summed E-state index contributed by atoms with van der Waals surface area (Å²) in [5, 5.41) is 9.33. The summed E-state index contributed by atoms with van der Waals surface area (Å²) in [5.41, 5.74) is 3.40. The average molecular weight is 530 g/mol. The molecule has 1 aliphatic rings. The molecule has 1 atom stereocenters. The number of carbonyl (C=O) groups excluding carboxylic acids is 2. The predicted octanol–water partition coefficient (Wildman–Crippen LogP) is 5.67. The molecule has 0 saturated heterocycles. The van der Waals surface area contributed by atoms with Crippen LogP contribution in [0.2, 0.25) is 0 Å². The van der Waals surface area contributed by atoms with Crippen molar-refractivity contribution < 1.29 is 19.1 Å². The van der Waals surface area contributed by atoms with E-state index >= 15 is 0 Å². The quantitative estimate of drug-likeness (QED) is 0.263. The lowest BCUT2D eigenvalue weighted by Gasteiger charge is -2.26. The highest BCUT2D eigenvalue weighted by Gasteiger charge is 2.26. The monoisotopic (exact) mass is 529 g/mol. The Balaban J connectivity index is 1.36. The highest BCUT2D eigenvalue weighted by Crippen LogP contribution is 2.30. The highest BCUT2D eigenvalue weighted by molar-refractivity contribution is 5.98. The summed E-state index contributed by atoms with van der Waals surface area (Å²) in [6.07, 6.45) is 6.48. The Bertz CT molecular complexity index is 1200. The van der Waals surface area contributed by atoms with Crippen LogP contribution in [0.25, 0.3) is 11.1 Å². The molecule has 0 aliphatic heterocycles. The van der Waals surface area contributed by atoms with E-state index in [0.29, 0.717) is 31.0 Å². The smallest absolute Gasteiger partial charge is 0.251 e. The normalized spacial score (nSPS) is 14.2. The molecule has 3 N–H and O–H groups in total. The van der Waals surface area contributed by atoms with Crippen molar-refractivity contribution in [3.8, 4) is 22.6 Å². The minimum Gasteiger partial charge on any atom is -0.497 e. The number of rotatable bonds is 12. The van der Waals surface area contributed by atoms with Gasteiger partial charge < -0.3 is 25.4 Å². The molecule has 4 rings (SSSR count). The van der Waals surface area contributed by atoms with Crippen molar-refractivity contribution in [3.63, 3.8) is 0 Å². The van der Waals surface area contributed by atoms with Crippen molar-refractivity contribution in [2.24, 2.45) is 5.92 Å². The minimum absolute atomic E-state index is 0.143. The summed E-state index contributed by atoms with van der Waals surface area (Å²) < 4.78 is 10.7. The Morgan fingerprint density at radius 3 is 2.26 bits per heavy atom. The number of amides is 2. The van der Waals surface area contributed by atoms with Crippen LogP contribution in [0.3, 0.4) is 0 Å². The van der Waals surface area contributed by atoms with Gasteiger partial charge in [-0.1, -0.05) is 62.4 Å². The van der Waals surface area contributed by atoms with Crippen LogP contribution in [0.5, 0.6) is 11.5 Å². The molecule has 0 heterocycles. The van der Waals surface area contributed by atoms with E-state index in [2.05, 4.69) is 16.0 Å². The minimum atomic E-state index is -0.574. The summed E-state index contributed by atoms with van der Waals surface area (Å²) in [5.74, 6) is 1.63. The molecular formula is C32H39N3O4. The number of hydrogen-bond donors (Lipinski definition) is 3. The summed E-state index contributed by atoms with van der Waals surface area (Å²) in [4.78, 5) is 26.4. The molecule has 1 saturated carbocycles. The summed E-state index contributed by atoms with van der Waals surface area (Å²) >= 11 is 0. The number of carbonyl (C=O) groups is 2. The van der Waals surface area contributed by atoms with Crippen molar-refractivity contribution in [3.05, 3.63) is 78.4 Å². The second-order valence-electron chi connectivity index (χ2n) is 9.99. The van der Waals surface area contributed by atoms with Crippen LogP contribution in [0.15, 0.2) is 72.8 Å². The van der Waals surface area contributed by atoms with Crippen LogP contribution in [0.1, 0.15) is 48.9 Å². The van der Waals surface area contributed by atoms with Gasteiger partial charge in [-0.15, -0.1) is 0 Å². The van der Waals surface area contributed by atoms with E-state index in [9.17, 15) is 9.59 Å². The Kier molecular flexibility index (Phi) is 10.2. The zero-order chi connectivity index (χ0) is 27.5. The molecule has 206 valence electrons. The Morgan fingerprint density at radius 2 is 1.56 bits per heavy atom. The van der Waals surface area contributed by atoms with Gasteiger partial charge >= 0.3 is 0 Å². The SMILES string of the molecule is COc1ccc(NCCNC(=O)[C@H](CC2CCCCC2)NC(=O)c2ccc(-c3ccccc3OC)cc2)cc1. The van der Waals surface area contributed by atoms with Crippen LogP contribution >= 0.6 is 0 Å². The molecule has 0 aromatic heterocycles. The zero-order valence-corrected chi connectivity index (χ0v) is 22.9. The third-order valence-electron chi connectivity index (χ3n) is 7.32. The van der Waals surface area contributed by atoms with E-state index < -0.39 is 6.04 Å². The Morgan fingerprint density at radius 1 is 0.846 bits per heavy atom. The first-order valence-electron chi connectivity index (χ1n) is 13.8. The van der Waals surface area contributed by atoms with Gasteiger partial charge in [0, 0.05) is 29.9 Å². The highest BCUT2D eigenvalue weighted by atomic mass is 16.5. The molecule has 3 aromatic carbocycles. The van der Waals surface area contributed by atoms with Gasteiger partial charge in [-0.25, -0.2) is 0 Å². The first-order chi connectivity index (χ1) is 19.1. The molecule has 7 nitrogen and oxygen atoms in total. The van der Waals surface area contributed by atoms with Gasteiger partial charge in [0.25, 0.3) is 5.91 Å². The average Bonchev–Trinajstić information content (AvgIpc) is 2.99. The van der Waals surface area contributed by atoms with Crippen molar-refractivity contribution in [1.29, 1.82) is 0 Å². The third kappa shape index (κ3) is 7.99. The fraction of sp³-hybridized carbons (Fsp3) is 0.375. The lowest BCUT2D eigenvalue weighted by Crippen LogP contribution is -2.48. The topological polar surface area (TPSA) is 88.7 Å². The van der Waals surface area contributed by atoms with Gasteiger partial charge in [-0.2, -0.15) is 0 Å². The molecule has 2 amide bonds. The second kappa shape index (κ2) is 14.2. The second-order valence-corrected chi connectivity index (χ2v) is 9.99. The zero-order valence-electron chi connectivity index (χ0n) is 22.9. The predicted molar refractivity (Wildman–Crippen MR) is 155 cm³/mol. The number of hydrogen-bond acceptors (Lipinski definition) is 5. The lowest BCUT2D eigenvalue weighted by atomic mass is 9.84. The number of nitrogens with one attached hydrogen (secondary N) is 3. The van der Waals surface area contributed by atoms with Gasteiger partial charge in [-0.3, -0.25) is 9.59 Å². The van der Waals surface area contributed by atoms with Crippen molar-refractivity contribution >= 4 is 17.5 Å². The number of ether oxygens (including phenoxy) is 2. The third-order valence-corrected chi connectivity index (χ3v) is 7.32. The molecule has 39 heavy (non-hydrogen) atoms. The van der Waals surface area contributed by atoms with Gasteiger partial charge in [0.05, 0.1) is 14.2 Å². The summed E-state index contributed by atoms with van der Waals surface area (Å²) in [6, 6.07) is 22.3. The fourth-order valence-electron chi connectivity index (χ4n) is 5.14. The van der Waals surface area contributed by atoms with Gasteiger partial charge in [0.1, 0.15) is 17.5 Å². The standard InChI is InChI=1S/C32H39N3O4/c1-38-27-18-16-26(17-19-27)33-20-21-34-32(37)29(22-23-8-4-3-5-9-23)35-31(36)25-14-12-24(13-15-25)28-10-6-7-11-30(28)39-2/h6-7,10-19,23,29,33H,3-5,8-9,20-22H2,1-2H3,(H,34,37)(H,35,36)/t29-/m0/s1. The number of benzene rings is 3. The first kappa shape index (κ1) is 28.0. The number of anilines is 1. The Hall–Kier alpha value is -4.00. The maximum atomic E-state index is 13.2. The van der Waals surface area contributed by atoms with Crippen LogP contribution in [0.4, 0.5) is 5.69 Å². The maximum absolute atomic E-state index is 13.2. The van der Waals surface area contributed by atoms with E-state index in [-0.39, 0.29) is 11.8 Å². The van der Waals surface area contributed by atoms with Crippen molar-refractivity contribution in [2.75, 3.05) is 32.6 Å². The molecule has 1 fully saturated rings. The maximum Gasteiger partial charge on any atom is 0.251 e. The largest absolute Gasteiger partial charge is 0.497 e. The number of para-hydroxylation sites is 1. The van der Waals surface area contributed by atoms with E-state index in [4.69, 9.17) is 9.47 Å². The van der Waals surface area contributed by atoms with E-state index in [1.165, 1.54) is 19.3 Å².